The monoisotopic (exact) mass is 1270 g/mol. The zero-order chi connectivity index (χ0) is 64.7. The van der Waals surface area contributed by atoms with E-state index >= 15 is 9.59 Å². The van der Waals surface area contributed by atoms with Crippen LogP contribution in [0.2, 0.25) is 0 Å². The quantitative estimate of drug-likeness (QED) is 0.0154. The van der Waals surface area contributed by atoms with E-state index in [-0.39, 0.29) is 74.5 Å². The predicted molar refractivity (Wildman–Crippen MR) is 348 cm³/mol. The van der Waals surface area contributed by atoms with Crippen LogP contribution in [0.1, 0.15) is 130 Å². The van der Waals surface area contributed by atoms with Crippen LogP contribution >= 0.6 is 21.6 Å². The number of ketones is 5. The van der Waals surface area contributed by atoms with Crippen molar-refractivity contribution >= 4 is 85.0 Å². The molecule has 90 heavy (non-hydrogen) atoms. The molecule has 10 atom stereocenters. The molecule has 1 aliphatic heterocycles. The summed E-state index contributed by atoms with van der Waals surface area (Å²) in [7, 11) is 2.15. The zero-order valence-corrected chi connectivity index (χ0v) is 53.1. The van der Waals surface area contributed by atoms with Gasteiger partial charge in [-0.15, -0.1) is 0 Å². The van der Waals surface area contributed by atoms with Gasteiger partial charge in [0.05, 0.1) is 48.2 Å². The Labute approximate surface area is 534 Å². The van der Waals surface area contributed by atoms with Crippen LogP contribution in [0.25, 0.3) is 10.9 Å². The summed E-state index contributed by atoms with van der Waals surface area (Å²) >= 11 is 0. The smallest absolute Gasteiger partial charge is 0.226 e. The Bertz CT molecular complexity index is 3210. The first-order chi connectivity index (χ1) is 43.3. The molecule has 0 bridgehead atoms. The molecule has 2 heterocycles. The van der Waals surface area contributed by atoms with E-state index < -0.39 is 133 Å². The highest BCUT2D eigenvalue weighted by molar-refractivity contribution is 8.76. The molecule has 1 saturated heterocycles. The lowest BCUT2D eigenvalue weighted by Crippen LogP contribution is -2.51. The topological polar surface area (TPSA) is 324 Å². The number of unbranched alkanes of at least 4 members (excludes halogenated alkanes) is 1. The number of rotatable bonds is 26. The molecule has 11 N–H and O–H groups in total. The van der Waals surface area contributed by atoms with Crippen LogP contribution < -0.4 is 27.0 Å². The molecule has 4 amide bonds. The number of benzene rings is 4. The number of phenolic OH excluding ortho intramolecular Hbond substituents is 1. The summed E-state index contributed by atoms with van der Waals surface area (Å²) in [4.78, 5) is 134. The second-order valence-corrected chi connectivity index (χ2v) is 26.9. The van der Waals surface area contributed by atoms with E-state index in [1.54, 1.807) is 60.8 Å². The second kappa shape index (κ2) is 35.6. The Kier molecular flexibility index (Phi) is 27.8. The predicted octanol–water partition coefficient (Wildman–Crippen LogP) is 6.82. The maximum absolute atomic E-state index is 15.2. The van der Waals surface area contributed by atoms with Crippen molar-refractivity contribution in [1.82, 2.24) is 26.3 Å². The molecule has 7 rings (SSSR count). The molecule has 0 spiro atoms. The van der Waals surface area contributed by atoms with Gasteiger partial charge in [0, 0.05) is 91.1 Å². The number of amides is 4. The van der Waals surface area contributed by atoms with Gasteiger partial charge in [0.2, 0.25) is 23.6 Å². The minimum atomic E-state index is -1.44. The molecule has 5 aromatic rings. The SMILES string of the molecule is CC(O)[C@@H](CO)CC(=O)[C@@H]1CSSC[C@H](CC(=O)[C@@H](Cc2ccccc2)NC(=O)CCC(=O)c2ccc(CC3CCCC3)cc2)C(=O)N[C@@H](Cc2ccc(O)cc2)C(=O)C[C@H](Cc2c[nH]c3ccccc23)C(=O)N[C@@H](CCCCN)C(=O)C[C@@H](C(C)O)C(=O)N1. The number of aromatic amines is 1. The summed E-state index contributed by atoms with van der Waals surface area (Å²) in [6.45, 7) is 2.46. The number of hydrogen-bond acceptors (Lipinski definition) is 16. The van der Waals surface area contributed by atoms with Crippen LogP contribution in [-0.4, -0.2) is 139 Å². The van der Waals surface area contributed by atoms with Gasteiger partial charge in [-0.05, 0) is 112 Å². The summed E-state index contributed by atoms with van der Waals surface area (Å²) in [6, 6.07) is 24.8. The first-order valence-electron chi connectivity index (χ1n) is 31.5. The van der Waals surface area contributed by atoms with Crippen molar-refractivity contribution in [3.05, 3.63) is 137 Å². The van der Waals surface area contributed by atoms with E-state index in [0.29, 0.717) is 41.0 Å². The van der Waals surface area contributed by atoms with E-state index in [1.807, 2.05) is 36.4 Å². The number of nitrogens with two attached hydrogens (primary N) is 1. The van der Waals surface area contributed by atoms with Gasteiger partial charge in [0.1, 0.15) is 5.75 Å². The van der Waals surface area contributed by atoms with E-state index in [4.69, 9.17) is 5.73 Å². The van der Waals surface area contributed by atoms with Gasteiger partial charge in [-0.3, -0.25) is 43.2 Å². The molecule has 19 nitrogen and oxygen atoms in total. The van der Waals surface area contributed by atoms with Crippen LogP contribution in [0.5, 0.6) is 5.75 Å². The number of carbonyl (C=O) groups excluding carboxylic acids is 9. The maximum atomic E-state index is 15.2. The number of aromatic hydroxyl groups is 1. The lowest BCUT2D eigenvalue weighted by molar-refractivity contribution is -0.137. The van der Waals surface area contributed by atoms with Crippen LogP contribution in [0, 0.1) is 29.6 Å². The second-order valence-electron chi connectivity index (χ2n) is 24.4. The summed E-state index contributed by atoms with van der Waals surface area (Å²) in [5.74, 6) is -9.81. The molecular formula is C69H88N6O13S2. The highest BCUT2D eigenvalue weighted by Gasteiger charge is 2.38. The fourth-order valence-electron chi connectivity index (χ4n) is 11.8. The Morgan fingerprint density at radius 3 is 2.02 bits per heavy atom. The number of para-hydroxylation sites is 1. The number of aliphatic hydroxyl groups is 3. The lowest BCUT2D eigenvalue weighted by atomic mass is 9.87. The molecule has 2 unspecified atom stereocenters. The number of hydrogen-bond donors (Lipinski definition) is 10. The van der Waals surface area contributed by atoms with Crippen molar-refractivity contribution < 1.29 is 63.6 Å². The van der Waals surface area contributed by atoms with Crippen molar-refractivity contribution in [2.45, 2.75) is 159 Å². The van der Waals surface area contributed by atoms with Gasteiger partial charge in [-0.2, -0.15) is 0 Å². The van der Waals surface area contributed by atoms with Crippen molar-refractivity contribution in [2.24, 2.45) is 35.3 Å². The molecule has 0 radical (unpaired) electrons. The number of aromatic nitrogens is 1. The highest BCUT2D eigenvalue weighted by atomic mass is 33.1. The average Bonchev–Trinajstić information content (AvgIpc) is 2.08. The minimum Gasteiger partial charge on any atom is -0.508 e. The lowest BCUT2D eigenvalue weighted by Gasteiger charge is -2.28. The first kappa shape index (κ1) is 70.4. The number of Topliss-reactive ketones (excluding diaryl/α,β-unsaturated/α-hetero) is 5. The van der Waals surface area contributed by atoms with Gasteiger partial charge in [-0.25, -0.2) is 0 Å². The molecule has 1 saturated carbocycles. The van der Waals surface area contributed by atoms with Crippen LogP contribution in [0.4, 0.5) is 0 Å². The van der Waals surface area contributed by atoms with Crippen LogP contribution in [0.15, 0.2) is 109 Å². The molecule has 21 heteroatoms. The van der Waals surface area contributed by atoms with Gasteiger partial charge < -0.3 is 52.4 Å². The third-order valence-corrected chi connectivity index (χ3v) is 19.9. The minimum absolute atomic E-state index is 0.00733. The van der Waals surface area contributed by atoms with Crippen LogP contribution in [0.3, 0.4) is 0 Å². The Morgan fingerprint density at radius 1 is 0.689 bits per heavy atom. The van der Waals surface area contributed by atoms with E-state index in [2.05, 4.69) is 26.3 Å². The van der Waals surface area contributed by atoms with Crippen molar-refractivity contribution in [1.29, 1.82) is 0 Å². The zero-order valence-electron chi connectivity index (χ0n) is 51.4. The van der Waals surface area contributed by atoms with Gasteiger partial charge in [0.15, 0.2) is 28.9 Å². The van der Waals surface area contributed by atoms with Crippen molar-refractivity contribution in [3.63, 3.8) is 0 Å². The number of aliphatic hydroxyl groups excluding tert-OH is 3. The summed E-state index contributed by atoms with van der Waals surface area (Å²) in [5.41, 5.74) is 10.2. The standard InChI is InChI=1S/C69H88N6O13S2/c1-42(77)51(39-76)35-64(83)60-41-90-89-40-52(36-63(82)58(31-45-12-4-3-5-13-45)72-66(85)28-27-61(80)48-23-19-46(20-24-48)30-44-14-6-7-15-44)68(87)74-59(32-47-21-25-53(79)26-22-47)62(81)34-49(33-50-38-71-56-17-9-8-16-54(50)56)67(86)73-57(18-10-11-29-70)65(84)37-55(43(2)78)69(88)75-60/h3-5,8-9,12-13,16-17,19-26,38,42-44,49,51-52,55,57-60,71,76-79H,6-7,10-11,14-15,18,27-37,39-41,70H2,1-2H3,(H,72,85)(H,73,86)(H,74,87)(H,75,88)/t42?,43?,49-,51+,52-,55-,57-,58+,59-,60-/m0/s1. The Balaban J connectivity index is 1.23. The van der Waals surface area contributed by atoms with Crippen molar-refractivity contribution in [3.8, 4) is 5.75 Å². The van der Waals surface area contributed by atoms with Crippen molar-refractivity contribution in [2.75, 3.05) is 24.7 Å². The number of phenols is 1. The third-order valence-electron chi connectivity index (χ3n) is 17.4. The average molecular weight is 1270 g/mol. The molecule has 2 aliphatic rings. The normalized spacial score (nSPS) is 21.7. The Hall–Kier alpha value is -7.01. The molecule has 2 fully saturated rings. The number of H-pyrrole nitrogens is 1. The number of nitrogens with one attached hydrogen (secondary N) is 5. The first-order valence-corrected chi connectivity index (χ1v) is 34.0. The highest BCUT2D eigenvalue weighted by Crippen LogP contribution is 2.31. The largest absolute Gasteiger partial charge is 0.508 e. The van der Waals surface area contributed by atoms with Gasteiger partial charge >= 0.3 is 0 Å². The van der Waals surface area contributed by atoms with E-state index in [0.717, 1.165) is 44.5 Å². The summed E-state index contributed by atoms with van der Waals surface area (Å²) < 4.78 is 0. The molecule has 1 aliphatic carbocycles. The van der Waals surface area contributed by atoms with Gasteiger partial charge in [0.25, 0.3) is 0 Å². The van der Waals surface area contributed by atoms with Crippen LogP contribution in [-0.2, 0) is 64.0 Å². The molecular weight excluding hydrogens is 1180 g/mol. The summed E-state index contributed by atoms with van der Waals surface area (Å²) in [6.07, 6.45) is 3.60. The molecule has 1 aromatic heterocycles. The molecule has 4 aromatic carbocycles. The fraction of sp³-hybridized carbons (Fsp3) is 0.493. The number of fused-ring (bicyclic) bond motifs is 1. The van der Waals surface area contributed by atoms with E-state index in [9.17, 15) is 54.0 Å². The van der Waals surface area contributed by atoms with Gasteiger partial charge in [-0.1, -0.05) is 132 Å². The third kappa shape index (κ3) is 21.6. The number of carbonyl (C=O) groups is 9. The fourth-order valence-corrected chi connectivity index (χ4v) is 14.3. The van der Waals surface area contributed by atoms with E-state index in [1.165, 1.54) is 51.7 Å². The Morgan fingerprint density at radius 2 is 1.33 bits per heavy atom. The maximum Gasteiger partial charge on any atom is 0.226 e. The molecule has 484 valence electrons. The summed E-state index contributed by atoms with van der Waals surface area (Å²) in [5, 5.41) is 54.2.